The number of aliphatic imine (C=N–C) groups is 1. The van der Waals surface area contributed by atoms with Crippen molar-refractivity contribution >= 4 is 5.96 Å². The zero-order chi connectivity index (χ0) is 15.4. The molecule has 0 saturated carbocycles. The van der Waals surface area contributed by atoms with Crippen molar-refractivity contribution in [2.24, 2.45) is 10.9 Å². The highest BCUT2D eigenvalue weighted by Crippen LogP contribution is 2.09. The van der Waals surface area contributed by atoms with Gasteiger partial charge in [-0.25, -0.2) is 0 Å². The molecule has 0 radical (unpaired) electrons. The number of hydrogen-bond acceptors (Lipinski definition) is 3. The maximum absolute atomic E-state index is 5.05. The van der Waals surface area contributed by atoms with Crippen LogP contribution in [0.3, 0.4) is 0 Å². The summed E-state index contributed by atoms with van der Waals surface area (Å²) in [7, 11) is 5.98. The van der Waals surface area contributed by atoms with Gasteiger partial charge in [0.2, 0.25) is 0 Å². The molecule has 0 fully saturated rings. The summed E-state index contributed by atoms with van der Waals surface area (Å²) in [6.45, 7) is 9.97. The highest BCUT2D eigenvalue weighted by atomic mass is 16.5. The Morgan fingerprint density at radius 2 is 1.95 bits per heavy atom. The second-order valence-corrected chi connectivity index (χ2v) is 5.74. The van der Waals surface area contributed by atoms with E-state index in [4.69, 9.17) is 9.73 Å². The third kappa shape index (κ3) is 10.0. The van der Waals surface area contributed by atoms with Crippen LogP contribution in [-0.4, -0.2) is 64.3 Å². The average Bonchev–Trinajstić information content (AvgIpc) is 2.38. The number of hydrogen-bond donors (Lipinski definition) is 2. The highest BCUT2D eigenvalue weighted by Gasteiger charge is 2.13. The first-order chi connectivity index (χ1) is 9.51. The Kier molecular flexibility index (Phi) is 11.5. The van der Waals surface area contributed by atoms with E-state index in [0.29, 0.717) is 12.0 Å². The normalized spacial score (nSPS) is 13.9. The Morgan fingerprint density at radius 1 is 1.25 bits per heavy atom. The molecule has 2 N–H and O–H groups in total. The molecule has 0 saturated heterocycles. The van der Waals surface area contributed by atoms with Gasteiger partial charge in [-0.2, -0.15) is 0 Å². The molecule has 0 bridgehead atoms. The van der Waals surface area contributed by atoms with Crippen molar-refractivity contribution in [2.75, 3.05) is 47.4 Å². The number of nitrogens with one attached hydrogen (secondary N) is 2. The van der Waals surface area contributed by atoms with Crippen LogP contribution in [0.2, 0.25) is 0 Å². The van der Waals surface area contributed by atoms with E-state index in [1.807, 2.05) is 0 Å². The smallest absolute Gasteiger partial charge is 0.191 e. The van der Waals surface area contributed by atoms with Gasteiger partial charge in [0.15, 0.2) is 5.96 Å². The topological polar surface area (TPSA) is 48.9 Å². The SMILES string of the molecule is CCNC(=NCC(CC(C)C)N(C)C)NCCCOC. The maximum Gasteiger partial charge on any atom is 0.191 e. The van der Waals surface area contributed by atoms with Gasteiger partial charge < -0.3 is 20.3 Å². The van der Waals surface area contributed by atoms with Crippen molar-refractivity contribution in [1.29, 1.82) is 0 Å². The van der Waals surface area contributed by atoms with E-state index < -0.39 is 0 Å². The third-order valence-corrected chi connectivity index (χ3v) is 3.10. The first-order valence-electron chi connectivity index (χ1n) is 7.68. The number of rotatable bonds is 10. The summed E-state index contributed by atoms with van der Waals surface area (Å²) in [5, 5.41) is 6.63. The van der Waals surface area contributed by atoms with Crippen LogP contribution in [0, 0.1) is 5.92 Å². The van der Waals surface area contributed by atoms with Crippen LogP contribution in [0.15, 0.2) is 4.99 Å². The molecule has 0 aromatic carbocycles. The second kappa shape index (κ2) is 12.0. The zero-order valence-corrected chi connectivity index (χ0v) is 14.2. The Bertz CT molecular complexity index is 254. The molecule has 0 amide bonds. The van der Waals surface area contributed by atoms with Crippen molar-refractivity contribution in [3.63, 3.8) is 0 Å². The molecule has 0 aliphatic heterocycles. The predicted octanol–water partition coefficient (Wildman–Crippen LogP) is 1.55. The first-order valence-corrected chi connectivity index (χ1v) is 7.68. The van der Waals surface area contributed by atoms with Crippen LogP contribution in [0.25, 0.3) is 0 Å². The standard InChI is InChI=1S/C15H34N4O/c1-7-16-15(17-9-8-10-20-6)18-12-14(19(4)5)11-13(2)3/h13-14H,7-12H2,1-6H3,(H2,16,17,18). The van der Waals surface area contributed by atoms with Crippen molar-refractivity contribution in [1.82, 2.24) is 15.5 Å². The molecule has 0 heterocycles. The van der Waals surface area contributed by atoms with E-state index >= 15 is 0 Å². The fourth-order valence-corrected chi connectivity index (χ4v) is 1.95. The lowest BCUT2D eigenvalue weighted by molar-refractivity contribution is 0.195. The molecule has 0 rings (SSSR count). The molecule has 0 aliphatic carbocycles. The minimum Gasteiger partial charge on any atom is -0.385 e. The van der Waals surface area contributed by atoms with E-state index in [1.165, 1.54) is 6.42 Å². The van der Waals surface area contributed by atoms with E-state index in [9.17, 15) is 0 Å². The predicted molar refractivity (Wildman–Crippen MR) is 87.4 cm³/mol. The Hall–Kier alpha value is -0.810. The highest BCUT2D eigenvalue weighted by molar-refractivity contribution is 5.79. The molecule has 0 spiro atoms. The van der Waals surface area contributed by atoms with Gasteiger partial charge in [0, 0.05) is 32.8 Å². The lowest BCUT2D eigenvalue weighted by Crippen LogP contribution is -2.40. The van der Waals surface area contributed by atoms with E-state index in [0.717, 1.165) is 38.6 Å². The van der Waals surface area contributed by atoms with Crippen LogP contribution in [0.5, 0.6) is 0 Å². The van der Waals surface area contributed by atoms with Gasteiger partial charge in [0.1, 0.15) is 0 Å². The van der Waals surface area contributed by atoms with E-state index in [-0.39, 0.29) is 0 Å². The number of likely N-dealkylation sites (N-methyl/N-ethyl adjacent to an activating group) is 1. The summed E-state index contributed by atoms with van der Waals surface area (Å²) >= 11 is 0. The molecule has 20 heavy (non-hydrogen) atoms. The molecule has 1 unspecified atom stereocenters. The van der Waals surface area contributed by atoms with E-state index in [2.05, 4.69) is 50.4 Å². The van der Waals surface area contributed by atoms with Gasteiger partial charge in [-0.3, -0.25) is 4.99 Å². The lowest BCUT2D eigenvalue weighted by atomic mass is 10.0. The average molecular weight is 286 g/mol. The first kappa shape index (κ1) is 19.2. The van der Waals surface area contributed by atoms with Crippen LogP contribution >= 0.6 is 0 Å². The summed E-state index contributed by atoms with van der Waals surface area (Å²) in [4.78, 5) is 6.96. The van der Waals surface area contributed by atoms with Gasteiger partial charge in [0.05, 0.1) is 6.54 Å². The van der Waals surface area contributed by atoms with Crippen molar-refractivity contribution in [3.8, 4) is 0 Å². The molecule has 0 aromatic heterocycles. The number of methoxy groups -OCH3 is 1. The van der Waals surface area contributed by atoms with Crippen LogP contribution in [-0.2, 0) is 4.74 Å². The molecular formula is C15H34N4O. The third-order valence-electron chi connectivity index (χ3n) is 3.10. The minimum absolute atomic E-state index is 0.490. The van der Waals surface area contributed by atoms with Crippen LogP contribution < -0.4 is 10.6 Å². The monoisotopic (exact) mass is 286 g/mol. The van der Waals surface area contributed by atoms with E-state index in [1.54, 1.807) is 7.11 Å². The Balaban J connectivity index is 4.32. The summed E-state index contributed by atoms with van der Waals surface area (Å²) in [5.41, 5.74) is 0. The minimum atomic E-state index is 0.490. The molecule has 1 atom stereocenters. The molecule has 0 aromatic rings. The van der Waals surface area contributed by atoms with Crippen LogP contribution in [0.4, 0.5) is 0 Å². The van der Waals surface area contributed by atoms with Gasteiger partial charge in [-0.1, -0.05) is 13.8 Å². The Morgan fingerprint density at radius 3 is 2.45 bits per heavy atom. The fourth-order valence-electron chi connectivity index (χ4n) is 1.95. The molecule has 0 aliphatic rings. The van der Waals surface area contributed by atoms with Gasteiger partial charge >= 0.3 is 0 Å². The van der Waals surface area contributed by atoms with Crippen LogP contribution in [0.1, 0.15) is 33.6 Å². The fraction of sp³-hybridized carbons (Fsp3) is 0.933. The van der Waals surface area contributed by atoms with Gasteiger partial charge in [-0.15, -0.1) is 0 Å². The number of ether oxygens (including phenoxy) is 1. The molecular weight excluding hydrogens is 252 g/mol. The van der Waals surface area contributed by atoms with Gasteiger partial charge in [-0.05, 0) is 39.8 Å². The molecule has 5 heteroatoms. The summed E-state index contributed by atoms with van der Waals surface area (Å²) in [5.74, 6) is 1.59. The molecule has 120 valence electrons. The van der Waals surface area contributed by atoms with Gasteiger partial charge in [0.25, 0.3) is 0 Å². The summed E-state index contributed by atoms with van der Waals surface area (Å²) in [6.07, 6.45) is 2.16. The Labute approximate surface area is 125 Å². The quantitative estimate of drug-likeness (QED) is 0.363. The largest absolute Gasteiger partial charge is 0.385 e. The molecule has 5 nitrogen and oxygen atoms in total. The lowest BCUT2D eigenvalue weighted by Gasteiger charge is -2.24. The summed E-state index contributed by atoms with van der Waals surface area (Å²) < 4.78 is 5.05. The maximum atomic E-state index is 5.05. The summed E-state index contributed by atoms with van der Waals surface area (Å²) in [6, 6.07) is 0.490. The van der Waals surface area contributed by atoms with Crippen molar-refractivity contribution < 1.29 is 4.74 Å². The number of nitrogens with zero attached hydrogens (tertiary/aromatic N) is 2. The van der Waals surface area contributed by atoms with Crippen molar-refractivity contribution in [2.45, 2.75) is 39.7 Å². The van der Waals surface area contributed by atoms with Crippen molar-refractivity contribution in [3.05, 3.63) is 0 Å². The zero-order valence-electron chi connectivity index (χ0n) is 14.2. The number of guanidine groups is 1. The second-order valence-electron chi connectivity index (χ2n) is 5.74.